The van der Waals surface area contributed by atoms with E-state index in [2.05, 4.69) is 15.3 Å². The van der Waals surface area contributed by atoms with Gasteiger partial charge in [0.2, 0.25) is 15.0 Å². The first-order valence-corrected chi connectivity index (χ1v) is 12.9. The van der Waals surface area contributed by atoms with Crippen LogP contribution in [0.15, 0.2) is 35.6 Å². The van der Waals surface area contributed by atoms with E-state index in [4.69, 9.17) is 16.3 Å². The van der Waals surface area contributed by atoms with E-state index >= 15 is 0 Å². The SMILES string of the molecule is COC(=O)c1c(NC(=O)c2nc(S(=O)(=O)Cc3ccccc3C)ncc2Cl)sc2c1CCC2. The number of ether oxygens (including phenoxy) is 1. The summed E-state index contributed by atoms with van der Waals surface area (Å²) in [5.41, 5.74) is 2.32. The Morgan fingerprint density at radius 3 is 2.73 bits per heavy atom. The average Bonchev–Trinajstić information content (AvgIpc) is 3.35. The molecule has 4 rings (SSSR count). The van der Waals surface area contributed by atoms with Crippen LogP contribution >= 0.6 is 22.9 Å². The maximum atomic E-state index is 13.0. The fourth-order valence-electron chi connectivity index (χ4n) is 3.67. The zero-order valence-electron chi connectivity index (χ0n) is 17.8. The number of sulfone groups is 1. The first-order valence-electron chi connectivity index (χ1n) is 10.0. The Hall–Kier alpha value is -2.82. The molecule has 1 aliphatic rings. The van der Waals surface area contributed by atoms with Crippen molar-refractivity contribution in [2.75, 3.05) is 12.4 Å². The molecule has 0 fully saturated rings. The van der Waals surface area contributed by atoms with Gasteiger partial charge < -0.3 is 10.1 Å². The second-order valence-electron chi connectivity index (χ2n) is 7.54. The van der Waals surface area contributed by atoms with Gasteiger partial charge >= 0.3 is 5.97 Å². The van der Waals surface area contributed by atoms with Gasteiger partial charge in [0.05, 0.1) is 29.6 Å². The highest BCUT2D eigenvalue weighted by Gasteiger charge is 2.29. The molecular weight excluding hydrogens is 486 g/mol. The number of hydrogen-bond donors (Lipinski definition) is 1. The van der Waals surface area contributed by atoms with Crippen molar-refractivity contribution in [3.8, 4) is 0 Å². The summed E-state index contributed by atoms with van der Waals surface area (Å²) in [5.74, 6) is -1.59. The quantitative estimate of drug-likeness (QED) is 0.397. The number of thiophene rings is 1. The number of benzene rings is 1. The molecule has 0 radical (unpaired) electrons. The highest BCUT2D eigenvalue weighted by Crippen LogP contribution is 2.39. The lowest BCUT2D eigenvalue weighted by atomic mass is 10.1. The van der Waals surface area contributed by atoms with Crippen molar-refractivity contribution >= 4 is 49.7 Å². The molecule has 0 aliphatic heterocycles. The number of carbonyl (C=O) groups excluding carboxylic acids is 2. The maximum Gasteiger partial charge on any atom is 0.341 e. The fraction of sp³-hybridized carbons (Fsp3) is 0.273. The largest absolute Gasteiger partial charge is 0.465 e. The second-order valence-corrected chi connectivity index (χ2v) is 10.9. The van der Waals surface area contributed by atoms with Crippen LogP contribution in [0.4, 0.5) is 5.00 Å². The maximum absolute atomic E-state index is 13.0. The molecule has 0 saturated carbocycles. The van der Waals surface area contributed by atoms with Crippen LogP contribution < -0.4 is 5.32 Å². The predicted octanol–water partition coefficient (Wildman–Crippen LogP) is 4.00. The molecule has 1 aliphatic carbocycles. The summed E-state index contributed by atoms with van der Waals surface area (Å²) in [7, 11) is -2.66. The molecule has 0 saturated heterocycles. The van der Waals surface area contributed by atoms with Crippen LogP contribution in [-0.4, -0.2) is 37.4 Å². The van der Waals surface area contributed by atoms with Crippen LogP contribution in [0.3, 0.4) is 0 Å². The van der Waals surface area contributed by atoms with E-state index in [1.807, 2.05) is 19.1 Å². The summed E-state index contributed by atoms with van der Waals surface area (Å²) in [5, 5.41) is 2.38. The van der Waals surface area contributed by atoms with Crippen LogP contribution in [0.25, 0.3) is 0 Å². The third kappa shape index (κ3) is 4.64. The highest BCUT2D eigenvalue weighted by atomic mass is 35.5. The smallest absolute Gasteiger partial charge is 0.341 e. The number of halogens is 1. The molecule has 0 unspecified atom stereocenters. The van der Waals surface area contributed by atoms with Gasteiger partial charge in [0.15, 0.2) is 5.69 Å². The number of aryl methyl sites for hydroxylation is 2. The Morgan fingerprint density at radius 2 is 2.00 bits per heavy atom. The van der Waals surface area contributed by atoms with E-state index in [0.29, 0.717) is 16.1 Å². The van der Waals surface area contributed by atoms with E-state index in [0.717, 1.165) is 41.5 Å². The molecule has 33 heavy (non-hydrogen) atoms. The summed E-state index contributed by atoms with van der Waals surface area (Å²) in [6.07, 6.45) is 3.56. The molecule has 0 atom stereocenters. The number of esters is 1. The molecule has 2 heterocycles. The summed E-state index contributed by atoms with van der Waals surface area (Å²) in [6, 6.07) is 7.08. The molecule has 11 heteroatoms. The van der Waals surface area contributed by atoms with Gasteiger partial charge in [0, 0.05) is 4.88 Å². The van der Waals surface area contributed by atoms with Gasteiger partial charge in [-0.1, -0.05) is 35.9 Å². The van der Waals surface area contributed by atoms with Crippen LogP contribution in [-0.2, 0) is 33.2 Å². The van der Waals surface area contributed by atoms with Gasteiger partial charge in [0.1, 0.15) is 5.00 Å². The summed E-state index contributed by atoms with van der Waals surface area (Å²) in [4.78, 5) is 34.1. The number of nitrogens with one attached hydrogen (secondary N) is 1. The lowest BCUT2D eigenvalue weighted by molar-refractivity contribution is 0.0601. The monoisotopic (exact) mass is 505 g/mol. The van der Waals surface area contributed by atoms with Crippen molar-refractivity contribution < 1.29 is 22.7 Å². The molecular formula is C22H20ClN3O5S2. The Kier molecular flexibility index (Phi) is 6.51. The lowest BCUT2D eigenvalue weighted by Crippen LogP contribution is -2.19. The van der Waals surface area contributed by atoms with E-state index in [9.17, 15) is 18.0 Å². The lowest BCUT2D eigenvalue weighted by Gasteiger charge is -2.10. The first-order chi connectivity index (χ1) is 15.7. The third-order valence-electron chi connectivity index (χ3n) is 5.36. The fourth-order valence-corrected chi connectivity index (χ4v) is 6.43. The van der Waals surface area contributed by atoms with Gasteiger partial charge in [-0.05, 0) is 42.9 Å². The predicted molar refractivity (Wildman–Crippen MR) is 125 cm³/mol. The molecule has 1 aromatic carbocycles. The molecule has 0 bridgehead atoms. The molecule has 1 amide bonds. The van der Waals surface area contributed by atoms with Crippen LogP contribution in [0.2, 0.25) is 5.02 Å². The van der Waals surface area contributed by atoms with Crippen molar-refractivity contribution in [3.05, 3.63) is 68.3 Å². The van der Waals surface area contributed by atoms with Gasteiger partial charge in [-0.3, -0.25) is 4.79 Å². The number of amides is 1. The number of hydrogen-bond acceptors (Lipinski definition) is 8. The van der Waals surface area contributed by atoms with E-state index in [1.54, 1.807) is 12.1 Å². The van der Waals surface area contributed by atoms with E-state index in [-0.39, 0.29) is 16.5 Å². The minimum absolute atomic E-state index is 0.106. The van der Waals surface area contributed by atoms with Crippen LogP contribution in [0, 0.1) is 6.92 Å². The topological polar surface area (TPSA) is 115 Å². The first kappa shape index (κ1) is 23.3. The standard InChI is InChI=1S/C22H20ClN3O5S2/c1-12-6-3-4-7-13(12)11-33(29,30)22-24-10-15(23)18(25-22)19(27)26-20-17(21(28)31-2)14-8-5-9-16(14)32-20/h3-4,6-7,10H,5,8-9,11H2,1-2H3,(H,26,27). The highest BCUT2D eigenvalue weighted by molar-refractivity contribution is 7.90. The Morgan fingerprint density at radius 1 is 1.24 bits per heavy atom. The molecule has 3 aromatic rings. The Balaban J connectivity index is 1.64. The van der Waals surface area contributed by atoms with E-state index < -0.39 is 26.9 Å². The van der Waals surface area contributed by atoms with Crippen molar-refractivity contribution in [1.82, 2.24) is 9.97 Å². The number of carbonyl (C=O) groups is 2. The van der Waals surface area contributed by atoms with Crippen LogP contribution in [0.1, 0.15) is 48.8 Å². The van der Waals surface area contributed by atoms with Crippen molar-refractivity contribution in [2.45, 2.75) is 37.1 Å². The summed E-state index contributed by atoms with van der Waals surface area (Å²) >= 11 is 7.43. The van der Waals surface area contributed by atoms with E-state index in [1.165, 1.54) is 18.4 Å². The molecule has 0 spiro atoms. The summed E-state index contributed by atoms with van der Waals surface area (Å²) in [6.45, 7) is 1.81. The summed E-state index contributed by atoms with van der Waals surface area (Å²) < 4.78 is 30.7. The minimum Gasteiger partial charge on any atom is -0.465 e. The van der Waals surface area contributed by atoms with Crippen LogP contribution in [0.5, 0.6) is 0 Å². The Bertz CT molecular complexity index is 1370. The molecule has 2 aromatic heterocycles. The molecule has 8 nitrogen and oxygen atoms in total. The Labute approximate surface area is 199 Å². The van der Waals surface area contributed by atoms with Gasteiger partial charge in [0.25, 0.3) is 5.91 Å². The zero-order chi connectivity index (χ0) is 23.8. The third-order valence-corrected chi connectivity index (χ3v) is 8.29. The number of aromatic nitrogens is 2. The normalized spacial score (nSPS) is 12.9. The van der Waals surface area contributed by atoms with Crippen molar-refractivity contribution in [2.24, 2.45) is 0 Å². The zero-order valence-corrected chi connectivity index (χ0v) is 20.2. The molecule has 1 N–H and O–H groups in total. The second kappa shape index (κ2) is 9.20. The van der Waals surface area contributed by atoms with Gasteiger partial charge in [-0.15, -0.1) is 11.3 Å². The number of anilines is 1. The van der Waals surface area contributed by atoms with Gasteiger partial charge in [-0.2, -0.15) is 0 Å². The number of nitrogens with zero attached hydrogens (tertiary/aromatic N) is 2. The number of methoxy groups -OCH3 is 1. The van der Waals surface area contributed by atoms with Gasteiger partial charge in [-0.25, -0.2) is 23.2 Å². The van der Waals surface area contributed by atoms with Crippen molar-refractivity contribution in [3.63, 3.8) is 0 Å². The number of fused-ring (bicyclic) bond motifs is 1. The molecule has 172 valence electrons. The van der Waals surface area contributed by atoms with Crippen molar-refractivity contribution in [1.29, 1.82) is 0 Å². The average molecular weight is 506 g/mol. The number of rotatable bonds is 6. The minimum atomic E-state index is -3.94.